The van der Waals surface area contributed by atoms with Gasteiger partial charge in [0.25, 0.3) is 5.56 Å². The molecule has 3 rings (SSSR count). The van der Waals surface area contributed by atoms with Gasteiger partial charge in [-0.15, -0.1) is 0 Å². The fraction of sp³-hybridized carbons (Fsp3) is 0.227. The van der Waals surface area contributed by atoms with Crippen molar-refractivity contribution in [3.63, 3.8) is 0 Å². The van der Waals surface area contributed by atoms with Gasteiger partial charge in [0.05, 0.1) is 11.3 Å². The van der Waals surface area contributed by atoms with Crippen molar-refractivity contribution in [1.82, 2.24) is 9.13 Å². The molecule has 2 aromatic carbocycles. The van der Waals surface area contributed by atoms with Gasteiger partial charge in [0.1, 0.15) is 28.0 Å². The molecule has 1 aromatic heterocycles. The molecule has 0 atom stereocenters. The maximum absolute atomic E-state index is 14.9. The van der Waals surface area contributed by atoms with E-state index < -0.39 is 40.2 Å². The van der Waals surface area contributed by atoms with Crippen LogP contribution in [-0.4, -0.2) is 14.1 Å². The number of rotatable bonds is 4. The minimum Gasteiger partial charge on any atom is -0.457 e. The van der Waals surface area contributed by atoms with Crippen LogP contribution in [0, 0.1) is 12.7 Å². The minimum atomic E-state index is -4.95. The topological polar surface area (TPSA) is 79.2 Å². The van der Waals surface area contributed by atoms with E-state index in [9.17, 15) is 27.2 Å². The molecule has 0 radical (unpaired) electrons. The smallest absolute Gasteiger partial charge is 0.432 e. The van der Waals surface area contributed by atoms with Crippen LogP contribution in [0.2, 0.25) is 0 Å². The number of hydrogen-bond donors (Lipinski definition) is 1. The van der Waals surface area contributed by atoms with E-state index in [0.717, 1.165) is 26.1 Å². The molecular formula is C22H21F4N3O3S. The molecule has 0 saturated carbocycles. The number of benzene rings is 2. The Morgan fingerprint density at radius 3 is 2.18 bits per heavy atom. The summed E-state index contributed by atoms with van der Waals surface area (Å²) in [6.07, 6.45) is -4.95. The monoisotopic (exact) mass is 483 g/mol. The number of nitrogens with zero attached hydrogens (tertiary/aromatic N) is 2. The summed E-state index contributed by atoms with van der Waals surface area (Å²) in [7, 11) is 0.844. The molecule has 0 unspecified atom stereocenters. The fourth-order valence-electron chi connectivity index (χ4n) is 3.07. The predicted octanol–water partition coefficient (Wildman–Crippen LogP) is 4.46. The zero-order valence-corrected chi connectivity index (χ0v) is 19.0. The first-order chi connectivity index (χ1) is 15.4. The van der Waals surface area contributed by atoms with Gasteiger partial charge in [-0.3, -0.25) is 9.36 Å². The Morgan fingerprint density at radius 1 is 1.09 bits per heavy atom. The summed E-state index contributed by atoms with van der Waals surface area (Å²) in [5.74, 6) is -0.857. The second kappa shape index (κ2) is 9.99. The third kappa shape index (κ3) is 5.14. The van der Waals surface area contributed by atoms with Gasteiger partial charge in [0.2, 0.25) is 0 Å². The molecule has 0 amide bonds. The SMILES string of the molecule is CC.Cc1c(C(F)(F)F)n(C)c(=O)n(-c2cc(Oc3ccccc3)c(C(N)=S)cc2F)c1=O. The zero-order valence-electron chi connectivity index (χ0n) is 18.2. The van der Waals surface area contributed by atoms with E-state index in [0.29, 0.717) is 10.3 Å². The molecule has 0 aliphatic carbocycles. The Hall–Kier alpha value is -3.47. The van der Waals surface area contributed by atoms with Gasteiger partial charge < -0.3 is 10.5 Å². The first-order valence-electron chi connectivity index (χ1n) is 9.70. The average molecular weight is 483 g/mol. The molecule has 0 aliphatic heterocycles. The lowest BCUT2D eigenvalue weighted by atomic mass is 10.1. The third-order valence-corrected chi connectivity index (χ3v) is 4.71. The lowest BCUT2D eigenvalue weighted by Crippen LogP contribution is -2.43. The fourth-order valence-corrected chi connectivity index (χ4v) is 3.23. The molecule has 0 fully saturated rings. The standard InChI is InChI=1S/C20H15F4N3O3S.C2H6/c1-10-16(20(22,23)24)26(2)19(29)27(18(10)28)14-9-15(12(17(25)31)8-13(14)21)30-11-6-4-3-5-7-11;1-2/h3-9H,1-2H3,(H2,25,31);1-2H3. The number of alkyl halides is 3. The summed E-state index contributed by atoms with van der Waals surface area (Å²) in [6.45, 7) is 4.91. The van der Waals surface area contributed by atoms with Gasteiger partial charge in [-0.25, -0.2) is 13.8 Å². The molecule has 0 saturated heterocycles. The Balaban J connectivity index is 0.00000187. The number of ether oxygens (including phenoxy) is 1. The molecule has 176 valence electrons. The van der Waals surface area contributed by atoms with Crippen LogP contribution in [0.25, 0.3) is 5.69 Å². The van der Waals surface area contributed by atoms with Crippen molar-refractivity contribution < 1.29 is 22.3 Å². The predicted molar refractivity (Wildman–Crippen MR) is 121 cm³/mol. The number of aromatic nitrogens is 2. The summed E-state index contributed by atoms with van der Waals surface area (Å²) >= 11 is 4.91. The summed E-state index contributed by atoms with van der Waals surface area (Å²) in [4.78, 5) is 25.0. The highest BCUT2D eigenvalue weighted by Gasteiger charge is 2.38. The molecule has 6 nitrogen and oxygen atoms in total. The van der Waals surface area contributed by atoms with Gasteiger partial charge >= 0.3 is 11.9 Å². The highest BCUT2D eigenvalue weighted by Crippen LogP contribution is 2.31. The van der Waals surface area contributed by atoms with Gasteiger partial charge in [-0.05, 0) is 25.1 Å². The molecule has 33 heavy (non-hydrogen) atoms. The molecule has 1 heterocycles. The highest BCUT2D eigenvalue weighted by atomic mass is 32.1. The number of halogens is 4. The first kappa shape index (κ1) is 25.8. The van der Waals surface area contributed by atoms with E-state index in [4.69, 9.17) is 22.7 Å². The zero-order chi connectivity index (χ0) is 25.1. The Kier molecular flexibility index (Phi) is 7.80. The molecular weight excluding hydrogens is 462 g/mol. The lowest BCUT2D eigenvalue weighted by molar-refractivity contribution is -0.144. The summed E-state index contributed by atoms with van der Waals surface area (Å²) in [6, 6.07) is 10.1. The summed E-state index contributed by atoms with van der Waals surface area (Å²) in [5.41, 5.74) is 0.125. The molecule has 0 bridgehead atoms. The maximum atomic E-state index is 14.9. The summed E-state index contributed by atoms with van der Waals surface area (Å²) < 4.78 is 61.0. The van der Waals surface area contributed by atoms with Crippen molar-refractivity contribution in [2.24, 2.45) is 12.8 Å². The average Bonchev–Trinajstić information content (AvgIpc) is 2.75. The van der Waals surface area contributed by atoms with Crippen molar-refractivity contribution in [1.29, 1.82) is 0 Å². The highest BCUT2D eigenvalue weighted by molar-refractivity contribution is 7.80. The largest absolute Gasteiger partial charge is 0.457 e. The van der Waals surface area contributed by atoms with Crippen molar-refractivity contribution >= 4 is 17.2 Å². The van der Waals surface area contributed by atoms with Crippen LogP contribution in [0.3, 0.4) is 0 Å². The van der Waals surface area contributed by atoms with E-state index in [1.807, 2.05) is 13.8 Å². The van der Waals surface area contributed by atoms with Crippen molar-refractivity contribution in [3.05, 3.63) is 85.9 Å². The lowest BCUT2D eigenvalue weighted by Gasteiger charge is -2.18. The maximum Gasteiger partial charge on any atom is 0.432 e. The van der Waals surface area contributed by atoms with Gasteiger partial charge in [-0.1, -0.05) is 44.3 Å². The van der Waals surface area contributed by atoms with Crippen molar-refractivity contribution in [3.8, 4) is 17.2 Å². The van der Waals surface area contributed by atoms with Crippen molar-refractivity contribution in [2.75, 3.05) is 0 Å². The molecule has 0 spiro atoms. The summed E-state index contributed by atoms with van der Waals surface area (Å²) in [5, 5.41) is 0. The van der Waals surface area contributed by atoms with Crippen LogP contribution in [0.5, 0.6) is 11.5 Å². The van der Waals surface area contributed by atoms with Gasteiger partial charge in [-0.2, -0.15) is 13.2 Å². The van der Waals surface area contributed by atoms with Gasteiger partial charge in [0.15, 0.2) is 0 Å². The van der Waals surface area contributed by atoms with Crippen LogP contribution in [0.4, 0.5) is 17.6 Å². The number of hydrogen-bond acceptors (Lipinski definition) is 4. The molecule has 11 heteroatoms. The quantitative estimate of drug-likeness (QED) is 0.438. The van der Waals surface area contributed by atoms with E-state index in [-0.39, 0.29) is 20.9 Å². The van der Waals surface area contributed by atoms with E-state index >= 15 is 0 Å². The number of thiocarbonyl (C=S) groups is 1. The third-order valence-electron chi connectivity index (χ3n) is 4.49. The van der Waals surface area contributed by atoms with E-state index in [1.54, 1.807) is 30.3 Å². The van der Waals surface area contributed by atoms with E-state index in [2.05, 4.69) is 0 Å². The number of para-hydroxylation sites is 1. The second-order valence-electron chi connectivity index (χ2n) is 6.53. The van der Waals surface area contributed by atoms with Crippen LogP contribution in [0.1, 0.15) is 30.7 Å². The van der Waals surface area contributed by atoms with Crippen LogP contribution >= 0.6 is 12.2 Å². The first-order valence-corrected chi connectivity index (χ1v) is 10.1. The Morgan fingerprint density at radius 2 is 1.67 bits per heavy atom. The van der Waals surface area contributed by atoms with E-state index in [1.165, 1.54) is 0 Å². The van der Waals surface area contributed by atoms with Crippen molar-refractivity contribution in [2.45, 2.75) is 26.9 Å². The van der Waals surface area contributed by atoms with Crippen LogP contribution in [0.15, 0.2) is 52.1 Å². The second-order valence-corrected chi connectivity index (χ2v) is 6.97. The molecule has 3 aromatic rings. The normalized spacial score (nSPS) is 10.9. The van der Waals surface area contributed by atoms with Crippen LogP contribution in [-0.2, 0) is 13.2 Å². The van der Waals surface area contributed by atoms with Crippen LogP contribution < -0.4 is 21.7 Å². The minimum absolute atomic E-state index is 0.0198. The number of nitrogens with two attached hydrogens (primary N) is 1. The molecule has 2 N–H and O–H groups in total. The Labute approximate surface area is 191 Å². The Bertz CT molecular complexity index is 1260. The van der Waals surface area contributed by atoms with Gasteiger partial charge in [0, 0.05) is 18.7 Å². The molecule has 0 aliphatic rings.